The number of ether oxygens (including phenoxy) is 1. The summed E-state index contributed by atoms with van der Waals surface area (Å²) >= 11 is 0. The van der Waals surface area contributed by atoms with Gasteiger partial charge in [-0.15, -0.1) is 0 Å². The van der Waals surface area contributed by atoms with Crippen molar-refractivity contribution in [2.24, 2.45) is 0 Å². The molecule has 0 radical (unpaired) electrons. The zero-order chi connectivity index (χ0) is 21.0. The molecule has 3 rings (SSSR count). The zero-order valence-electron chi connectivity index (χ0n) is 17.2. The Kier molecular flexibility index (Phi) is 6.59. The molecular formula is C22H28N2O4S. The number of aryl methyl sites for hydroxylation is 3. The first-order chi connectivity index (χ1) is 13.8. The van der Waals surface area contributed by atoms with Crippen molar-refractivity contribution >= 4 is 15.9 Å². The number of nitrogens with zero attached hydrogens (tertiary/aromatic N) is 2. The summed E-state index contributed by atoms with van der Waals surface area (Å²) in [6, 6.07) is 13.3. The third kappa shape index (κ3) is 4.79. The molecule has 1 aliphatic rings. The molecule has 0 bridgehead atoms. The summed E-state index contributed by atoms with van der Waals surface area (Å²) in [5, 5.41) is 0. The second-order valence-corrected chi connectivity index (χ2v) is 9.26. The van der Waals surface area contributed by atoms with Crippen molar-refractivity contribution in [3.8, 4) is 5.75 Å². The van der Waals surface area contributed by atoms with E-state index in [2.05, 4.69) is 0 Å². The molecule has 2 aromatic rings. The molecule has 0 saturated carbocycles. The Morgan fingerprint density at radius 3 is 2.24 bits per heavy atom. The van der Waals surface area contributed by atoms with E-state index in [9.17, 15) is 13.2 Å². The van der Waals surface area contributed by atoms with E-state index in [0.29, 0.717) is 31.7 Å². The molecule has 6 nitrogen and oxygen atoms in total. The molecule has 0 atom stereocenters. The number of hydrogen-bond acceptors (Lipinski definition) is 4. The van der Waals surface area contributed by atoms with E-state index < -0.39 is 10.0 Å². The van der Waals surface area contributed by atoms with E-state index in [-0.39, 0.29) is 23.9 Å². The van der Waals surface area contributed by atoms with Gasteiger partial charge in [-0.25, -0.2) is 8.42 Å². The predicted molar refractivity (Wildman–Crippen MR) is 113 cm³/mol. The number of methoxy groups -OCH3 is 1. The fraction of sp³-hybridized carbons (Fsp3) is 0.409. The molecule has 0 unspecified atom stereocenters. The summed E-state index contributed by atoms with van der Waals surface area (Å²) in [5.41, 5.74) is 3.01. The zero-order valence-corrected chi connectivity index (χ0v) is 18.0. The highest BCUT2D eigenvalue weighted by atomic mass is 32.2. The molecule has 0 N–H and O–H groups in total. The molecule has 0 spiro atoms. The number of carbonyl (C=O) groups is 1. The average Bonchev–Trinajstić information content (AvgIpc) is 2.74. The first-order valence-electron chi connectivity index (χ1n) is 9.80. The van der Waals surface area contributed by atoms with Gasteiger partial charge in [0, 0.05) is 32.6 Å². The lowest BCUT2D eigenvalue weighted by Crippen LogP contribution is -2.50. The normalized spacial score (nSPS) is 15.3. The van der Waals surface area contributed by atoms with Gasteiger partial charge in [-0.2, -0.15) is 4.31 Å². The number of sulfonamides is 1. The Bertz CT molecular complexity index is 966. The number of amides is 1. The van der Waals surface area contributed by atoms with Gasteiger partial charge in [0.25, 0.3) is 0 Å². The summed E-state index contributed by atoms with van der Waals surface area (Å²) in [7, 11) is -2.20. The van der Waals surface area contributed by atoms with E-state index in [1.54, 1.807) is 17.0 Å². The van der Waals surface area contributed by atoms with Gasteiger partial charge in [-0.05, 0) is 49.1 Å². The summed E-state index contributed by atoms with van der Waals surface area (Å²) < 4.78 is 33.1. The van der Waals surface area contributed by atoms with Crippen LogP contribution in [-0.4, -0.2) is 56.8 Å². The third-order valence-corrected chi connectivity index (χ3v) is 7.38. The van der Waals surface area contributed by atoms with Crippen LogP contribution in [0.2, 0.25) is 0 Å². The highest BCUT2D eigenvalue weighted by Gasteiger charge is 2.32. The van der Waals surface area contributed by atoms with Crippen LogP contribution in [0.4, 0.5) is 0 Å². The van der Waals surface area contributed by atoms with Crippen molar-refractivity contribution in [1.82, 2.24) is 9.21 Å². The molecule has 1 saturated heterocycles. The van der Waals surface area contributed by atoms with Gasteiger partial charge in [-0.3, -0.25) is 4.79 Å². The number of carbonyl (C=O) groups excluding carboxylic acids is 1. The smallest absolute Gasteiger partial charge is 0.246 e. The van der Waals surface area contributed by atoms with E-state index in [1.807, 2.05) is 44.2 Å². The van der Waals surface area contributed by atoms with Gasteiger partial charge in [-0.1, -0.05) is 30.3 Å². The molecule has 1 aliphatic heterocycles. The summed E-state index contributed by atoms with van der Waals surface area (Å²) in [6.45, 7) is 5.19. The van der Waals surface area contributed by atoms with Crippen LogP contribution in [0.1, 0.15) is 23.1 Å². The standard InChI is InChI=1S/C22H28N2O4S/c1-17-15-20(28-3)21(16-18(17)2)29(26,27)24-13-11-23(12-14-24)22(25)10-9-19-7-5-4-6-8-19/h4-8,15-16H,9-14H2,1-3H3. The van der Waals surface area contributed by atoms with Gasteiger partial charge in [0.2, 0.25) is 15.9 Å². The first-order valence-corrected chi connectivity index (χ1v) is 11.2. The lowest BCUT2D eigenvalue weighted by Gasteiger charge is -2.34. The Morgan fingerprint density at radius 1 is 1.00 bits per heavy atom. The number of piperazine rings is 1. The molecule has 156 valence electrons. The molecule has 7 heteroatoms. The van der Waals surface area contributed by atoms with E-state index in [1.165, 1.54) is 11.4 Å². The van der Waals surface area contributed by atoms with E-state index >= 15 is 0 Å². The molecular weight excluding hydrogens is 388 g/mol. The Hall–Kier alpha value is -2.38. The van der Waals surface area contributed by atoms with Crippen molar-refractivity contribution in [1.29, 1.82) is 0 Å². The third-order valence-electron chi connectivity index (χ3n) is 5.46. The van der Waals surface area contributed by atoms with Crippen LogP contribution in [0.15, 0.2) is 47.4 Å². The highest BCUT2D eigenvalue weighted by molar-refractivity contribution is 7.89. The SMILES string of the molecule is COc1cc(C)c(C)cc1S(=O)(=O)N1CCN(C(=O)CCc2ccccc2)CC1. The number of hydrogen-bond donors (Lipinski definition) is 0. The van der Waals surface area contributed by atoms with Crippen LogP contribution in [0, 0.1) is 13.8 Å². The summed E-state index contributed by atoms with van der Waals surface area (Å²) in [6.07, 6.45) is 1.12. The maximum atomic E-state index is 13.2. The molecule has 2 aromatic carbocycles. The highest BCUT2D eigenvalue weighted by Crippen LogP contribution is 2.30. The second-order valence-electron chi connectivity index (χ2n) is 7.36. The number of rotatable bonds is 6. The largest absolute Gasteiger partial charge is 0.495 e. The van der Waals surface area contributed by atoms with Crippen LogP contribution in [0.25, 0.3) is 0 Å². The minimum atomic E-state index is -3.68. The quantitative estimate of drug-likeness (QED) is 0.726. The van der Waals surface area contributed by atoms with Gasteiger partial charge >= 0.3 is 0 Å². The van der Waals surface area contributed by atoms with Crippen LogP contribution < -0.4 is 4.74 Å². The Balaban J connectivity index is 1.64. The van der Waals surface area contributed by atoms with Crippen molar-refractivity contribution in [2.75, 3.05) is 33.3 Å². The first kappa shape index (κ1) is 21.3. The predicted octanol–water partition coefficient (Wildman–Crippen LogP) is 2.78. The van der Waals surface area contributed by atoms with Crippen molar-refractivity contribution in [3.63, 3.8) is 0 Å². The maximum absolute atomic E-state index is 13.2. The van der Waals surface area contributed by atoms with Crippen molar-refractivity contribution in [3.05, 3.63) is 59.2 Å². The maximum Gasteiger partial charge on any atom is 0.246 e. The van der Waals surface area contributed by atoms with Gasteiger partial charge in [0.05, 0.1) is 7.11 Å². The van der Waals surface area contributed by atoms with Crippen LogP contribution in [0.3, 0.4) is 0 Å². The minimum Gasteiger partial charge on any atom is -0.495 e. The molecule has 1 fully saturated rings. The molecule has 1 amide bonds. The topological polar surface area (TPSA) is 66.9 Å². The second kappa shape index (κ2) is 8.97. The van der Waals surface area contributed by atoms with Crippen LogP contribution >= 0.6 is 0 Å². The minimum absolute atomic E-state index is 0.0645. The van der Waals surface area contributed by atoms with Crippen molar-refractivity contribution in [2.45, 2.75) is 31.6 Å². The fourth-order valence-electron chi connectivity index (χ4n) is 3.50. The molecule has 0 aliphatic carbocycles. The van der Waals surface area contributed by atoms with E-state index in [4.69, 9.17) is 4.74 Å². The van der Waals surface area contributed by atoms with Gasteiger partial charge < -0.3 is 9.64 Å². The Morgan fingerprint density at radius 2 is 1.62 bits per heavy atom. The monoisotopic (exact) mass is 416 g/mol. The number of benzene rings is 2. The lowest BCUT2D eigenvalue weighted by atomic mass is 10.1. The Labute approximate surface area is 173 Å². The van der Waals surface area contributed by atoms with Gasteiger partial charge in [0.1, 0.15) is 10.6 Å². The summed E-state index contributed by atoms with van der Waals surface area (Å²) in [4.78, 5) is 14.5. The molecule has 29 heavy (non-hydrogen) atoms. The molecule has 1 heterocycles. The van der Waals surface area contributed by atoms with E-state index in [0.717, 1.165) is 16.7 Å². The van der Waals surface area contributed by atoms with Gasteiger partial charge in [0.15, 0.2) is 0 Å². The van der Waals surface area contributed by atoms with Crippen LogP contribution in [-0.2, 0) is 21.2 Å². The fourth-order valence-corrected chi connectivity index (χ4v) is 5.14. The van der Waals surface area contributed by atoms with Crippen LogP contribution in [0.5, 0.6) is 5.75 Å². The average molecular weight is 417 g/mol. The van der Waals surface area contributed by atoms with Crippen molar-refractivity contribution < 1.29 is 17.9 Å². The lowest BCUT2D eigenvalue weighted by molar-refractivity contribution is -0.132. The molecule has 0 aromatic heterocycles. The summed E-state index contributed by atoms with van der Waals surface area (Å²) in [5.74, 6) is 0.420.